The first kappa shape index (κ1) is 31.9. The molecular weight excluding hydrogens is 613 g/mol. The molecule has 4 aromatic rings. The van der Waals surface area contributed by atoms with Crippen LogP contribution in [-0.4, -0.2) is 45.9 Å². The van der Waals surface area contributed by atoms with Gasteiger partial charge in [0.15, 0.2) is 6.23 Å². The first-order valence-corrected chi connectivity index (χ1v) is 13.8. The van der Waals surface area contributed by atoms with Crippen LogP contribution in [0.1, 0.15) is 32.5 Å². The molecule has 5 rings (SSSR count). The number of hydrogen-bond acceptors (Lipinski definition) is 9. The summed E-state index contributed by atoms with van der Waals surface area (Å²) in [5, 5.41) is 0. The quantitative estimate of drug-likeness (QED) is 0.209. The minimum Gasteiger partial charge on any atom is -0.459 e. The largest absolute Gasteiger partial charge is 0.459 e. The minimum absolute atomic E-state index is 0.0298. The monoisotopic (exact) mass is 638 g/mol. The molecule has 11 nitrogen and oxygen atoms in total. The number of carbonyl (C=O) groups excluding carboxylic acids is 3. The molecule has 1 saturated heterocycles. The van der Waals surface area contributed by atoms with E-state index in [1.165, 1.54) is 36.4 Å². The smallest absolute Gasteiger partial charge is 0.423 e. The number of aromatic nitrogens is 2. The third kappa shape index (κ3) is 6.76. The molecule has 2 heterocycles. The summed E-state index contributed by atoms with van der Waals surface area (Å²) in [6.07, 6.45) is -10.0. The second-order valence-corrected chi connectivity index (χ2v) is 10.1. The van der Waals surface area contributed by atoms with Crippen LogP contribution in [0.2, 0.25) is 0 Å². The summed E-state index contributed by atoms with van der Waals surface area (Å²) in [6, 6.07) is 23.0. The van der Waals surface area contributed by atoms with E-state index in [0.717, 1.165) is 7.05 Å². The van der Waals surface area contributed by atoms with Crippen molar-refractivity contribution in [2.45, 2.75) is 24.6 Å². The van der Waals surface area contributed by atoms with E-state index in [-0.39, 0.29) is 27.6 Å². The zero-order valence-corrected chi connectivity index (χ0v) is 24.0. The Balaban J connectivity index is 1.60. The number of benzene rings is 3. The molecule has 4 atom stereocenters. The molecule has 0 saturated carbocycles. The number of alkyl halides is 3. The van der Waals surface area contributed by atoms with Crippen LogP contribution in [-0.2, 0) is 32.2 Å². The lowest BCUT2D eigenvalue weighted by molar-refractivity contribution is -0.145. The highest BCUT2D eigenvalue weighted by molar-refractivity contribution is 5.90. The first-order chi connectivity index (χ1) is 22.0. The molecule has 1 aliphatic rings. The average molecular weight is 639 g/mol. The topological polar surface area (TPSA) is 132 Å². The van der Waals surface area contributed by atoms with E-state index in [4.69, 9.17) is 18.9 Å². The molecule has 0 N–H and O–H groups in total. The van der Waals surface area contributed by atoms with Gasteiger partial charge in [-0.25, -0.2) is 14.4 Å². The van der Waals surface area contributed by atoms with Gasteiger partial charge in [-0.2, -0.15) is 13.2 Å². The lowest BCUT2D eigenvalue weighted by Gasteiger charge is -2.24. The minimum atomic E-state index is -5.19. The first-order valence-electron chi connectivity index (χ1n) is 13.8. The van der Waals surface area contributed by atoms with Crippen LogP contribution in [0.5, 0.6) is 5.75 Å². The van der Waals surface area contributed by atoms with Gasteiger partial charge in [0.2, 0.25) is 0 Å². The van der Waals surface area contributed by atoms with Crippen molar-refractivity contribution in [2.75, 3.05) is 6.61 Å². The average Bonchev–Trinajstić information content (AvgIpc) is 3.40. The molecule has 1 aliphatic heterocycles. The summed E-state index contributed by atoms with van der Waals surface area (Å²) in [6.45, 7) is -0.654. The van der Waals surface area contributed by atoms with E-state index in [1.807, 2.05) is 0 Å². The number of hydrogen-bond donors (Lipinski definition) is 0. The zero-order chi connectivity index (χ0) is 33.0. The molecule has 1 fully saturated rings. The highest BCUT2D eigenvalue weighted by Gasteiger charge is 2.54. The summed E-state index contributed by atoms with van der Waals surface area (Å²) < 4.78 is 64.7. The summed E-state index contributed by atoms with van der Waals surface area (Å²) in [5.74, 6) is -4.67. The van der Waals surface area contributed by atoms with Crippen molar-refractivity contribution in [3.8, 4) is 5.75 Å². The summed E-state index contributed by atoms with van der Waals surface area (Å²) in [5.41, 5.74) is -4.41. The van der Waals surface area contributed by atoms with Gasteiger partial charge >= 0.3 is 29.8 Å². The zero-order valence-electron chi connectivity index (χ0n) is 24.0. The van der Waals surface area contributed by atoms with Crippen molar-refractivity contribution >= 4 is 17.9 Å². The highest BCUT2D eigenvalue weighted by atomic mass is 19.4. The van der Waals surface area contributed by atoms with Crippen molar-refractivity contribution in [2.24, 2.45) is 13.0 Å². The van der Waals surface area contributed by atoms with Crippen LogP contribution in [0.4, 0.5) is 13.2 Å². The summed E-state index contributed by atoms with van der Waals surface area (Å²) in [4.78, 5) is 65.3. The summed E-state index contributed by atoms with van der Waals surface area (Å²) >= 11 is 0. The molecular formula is C32H25F3N2O9. The van der Waals surface area contributed by atoms with Crippen LogP contribution in [0, 0.1) is 5.92 Å². The van der Waals surface area contributed by atoms with Gasteiger partial charge in [0.25, 0.3) is 5.56 Å². The van der Waals surface area contributed by atoms with Gasteiger partial charge in [-0.05, 0) is 36.4 Å². The fraction of sp³-hybridized carbons (Fsp3) is 0.219. The number of nitrogens with zero attached hydrogens (tertiary/aromatic N) is 2. The molecule has 0 aliphatic carbocycles. The Morgan fingerprint density at radius 2 is 1.37 bits per heavy atom. The number of halogens is 3. The lowest BCUT2D eigenvalue weighted by Crippen LogP contribution is -2.46. The van der Waals surface area contributed by atoms with E-state index < -0.39 is 71.9 Å². The normalized spacial score (nSPS) is 19.3. The Labute approximate surface area is 258 Å². The molecule has 46 heavy (non-hydrogen) atoms. The number of para-hydroxylation sites is 1. The van der Waals surface area contributed by atoms with Crippen LogP contribution in [0.15, 0.2) is 107 Å². The van der Waals surface area contributed by atoms with Gasteiger partial charge in [-0.1, -0.05) is 54.6 Å². The summed E-state index contributed by atoms with van der Waals surface area (Å²) in [7, 11) is 0.828. The van der Waals surface area contributed by atoms with Crippen LogP contribution >= 0.6 is 0 Å². The van der Waals surface area contributed by atoms with Crippen molar-refractivity contribution in [3.05, 3.63) is 135 Å². The van der Waals surface area contributed by atoms with Gasteiger partial charge in [0.1, 0.15) is 36.0 Å². The Kier molecular flexibility index (Phi) is 9.18. The van der Waals surface area contributed by atoms with Crippen LogP contribution in [0.3, 0.4) is 0 Å². The Hall–Kier alpha value is -5.50. The predicted molar refractivity (Wildman–Crippen MR) is 153 cm³/mol. The fourth-order valence-corrected chi connectivity index (χ4v) is 4.83. The number of carbonyl (C=O) groups is 3. The van der Waals surface area contributed by atoms with E-state index in [1.54, 1.807) is 54.6 Å². The van der Waals surface area contributed by atoms with E-state index in [9.17, 15) is 37.1 Å². The van der Waals surface area contributed by atoms with Crippen molar-refractivity contribution in [1.29, 1.82) is 0 Å². The molecule has 0 amide bonds. The van der Waals surface area contributed by atoms with Crippen LogP contribution in [0.25, 0.3) is 0 Å². The predicted octanol–water partition coefficient (Wildman–Crippen LogP) is 3.77. The Morgan fingerprint density at radius 3 is 1.93 bits per heavy atom. The SMILES string of the molecule is Cn1c(=O)c(C(F)(F)F)cn([C@@H]2O[C@H](COC(=O)c3ccccc3)[C@@H](OC(=O)c3ccccc3)[C@H]2C(=O)Oc2ccccc2)c1=O. The van der Waals surface area contributed by atoms with E-state index in [2.05, 4.69) is 0 Å². The Bertz CT molecular complexity index is 1840. The molecule has 0 radical (unpaired) electrons. The molecule has 238 valence electrons. The molecule has 0 bridgehead atoms. The fourth-order valence-electron chi connectivity index (χ4n) is 4.83. The van der Waals surface area contributed by atoms with Gasteiger partial charge in [-0.15, -0.1) is 0 Å². The highest BCUT2D eigenvalue weighted by Crippen LogP contribution is 2.39. The molecule has 1 aromatic heterocycles. The van der Waals surface area contributed by atoms with Crippen molar-refractivity contribution < 1.29 is 46.5 Å². The van der Waals surface area contributed by atoms with Gasteiger partial charge in [-0.3, -0.25) is 18.7 Å². The maximum absolute atomic E-state index is 13.9. The number of rotatable bonds is 8. The lowest BCUT2D eigenvalue weighted by atomic mass is 9.99. The standard InChI is InChI=1S/C32H25F3N2O9/c1-36-26(38)22(32(33,34)35)17-37(31(36)42)27-24(30(41)44-21-15-9-4-10-16-21)25(46-29(40)20-13-7-3-8-14-20)23(45-27)18-43-28(39)19-11-5-2-6-12-19/h2-17,23-25,27H,18H2,1H3/t23-,24-,25-,27-/m1/s1. The van der Waals surface area contributed by atoms with Gasteiger partial charge in [0, 0.05) is 13.2 Å². The van der Waals surface area contributed by atoms with Gasteiger partial charge in [0.05, 0.1) is 11.1 Å². The Morgan fingerprint density at radius 1 is 0.826 bits per heavy atom. The second-order valence-electron chi connectivity index (χ2n) is 10.1. The second kappa shape index (κ2) is 13.2. The van der Waals surface area contributed by atoms with E-state index in [0.29, 0.717) is 4.57 Å². The third-order valence-electron chi connectivity index (χ3n) is 7.11. The number of ether oxygens (including phenoxy) is 4. The van der Waals surface area contributed by atoms with E-state index >= 15 is 0 Å². The van der Waals surface area contributed by atoms with Gasteiger partial charge < -0.3 is 18.9 Å². The van der Waals surface area contributed by atoms with Crippen LogP contribution < -0.4 is 16.0 Å². The maximum atomic E-state index is 13.9. The third-order valence-corrected chi connectivity index (χ3v) is 7.11. The molecule has 3 aromatic carbocycles. The molecule has 0 spiro atoms. The number of esters is 3. The van der Waals surface area contributed by atoms with Crippen molar-refractivity contribution in [3.63, 3.8) is 0 Å². The molecule has 14 heteroatoms. The molecule has 0 unspecified atom stereocenters. The maximum Gasteiger partial charge on any atom is 0.423 e. The van der Waals surface area contributed by atoms with Crippen molar-refractivity contribution in [1.82, 2.24) is 9.13 Å².